The number of aliphatic imine (C=N–C) groups is 1. The molecule has 1 heterocycles. The number of halogens is 2. The summed E-state index contributed by atoms with van der Waals surface area (Å²) in [5, 5.41) is 7.66. The minimum absolute atomic E-state index is 0.145. The van der Waals surface area contributed by atoms with Crippen LogP contribution in [0.3, 0.4) is 0 Å². The van der Waals surface area contributed by atoms with E-state index >= 15 is 0 Å². The molecular formula is C20H22F2N4O. The Hall–Kier alpha value is -3.09. The molecule has 2 aromatic carbocycles. The highest BCUT2D eigenvalue weighted by atomic mass is 19.3. The minimum atomic E-state index is -2.83. The molecule has 7 heteroatoms. The van der Waals surface area contributed by atoms with Gasteiger partial charge in [0.15, 0.2) is 5.96 Å². The van der Waals surface area contributed by atoms with Gasteiger partial charge in [-0.25, -0.2) is 0 Å². The predicted octanol–water partition coefficient (Wildman–Crippen LogP) is 3.68. The van der Waals surface area contributed by atoms with Crippen molar-refractivity contribution in [3.8, 4) is 5.75 Å². The van der Waals surface area contributed by atoms with Gasteiger partial charge in [-0.2, -0.15) is 8.78 Å². The van der Waals surface area contributed by atoms with Gasteiger partial charge in [-0.3, -0.25) is 4.99 Å². The van der Waals surface area contributed by atoms with Gasteiger partial charge in [0, 0.05) is 37.2 Å². The van der Waals surface area contributed by atoms with Crippen LogP contribution >= 0.6 is 0 Å². The molecule has 0 fully saturated rings. The molecule has 142 valence electrons. The summed E-state index contributed by atoms with van der Waals surface area (Å²) < 4.78 is 29.0. The number of aromatic amines is 1. The lowest BCUT2D eigenvalue weighted by Crippen LogP contribution is -2.37. The smallest absolute Gasteiger partial charge is 0.387 e. The lowest BCUT2D eigenvalue weighted by Gasteiger charge is -2.12. The number of para-hydroxylation sites is 1. The van der Waals surface area contributed by atoms with Crippen LogP contribution in [0.1, 0.15) is 11.1 Å². The van der Waals surface area contributed by atoms with Crippen LogP contribution in [0.25, 0.3) is 10.9 Å². The zero-order valence-electron chi connectivity index (χ0n) is 15.0. The summed E-state index contributed by atoms with van der Waals surface area (Å²) in [6.45, 7) is -1.66. The molecule has 1 aromatic heterocycles. The molecule has 3 aromatic rings. The monoisotopic (exact) mass is 372 g/mol. The van der Waals surface area contributed by atoms with Gasteiger partial charge in [0.1, 0.15) is 5.75 Å². The number of fused-ring (bicyclic) bond motifs is 1. The molecule has 0 bridgehead atoms. The van der Waals surface area contributed by atoms with Gasteiger partial charge in [0.25, 0.3) is 0 Å². The van der Waals surface area contributed by atoms with E-state index in [0.717, 1.165) is 24.0 Å². The van der Waals surface area contributed by atoms with Crippen molar-refractivity contribution in [2.24, 2.45) is 4.99 Å². The maximum absolute atomic E-state index is 12.3. The van der Waals surface area contributed by atoms with E-state index in [-0.39, 0.29) is 5.75 Å². The quantitative estimate of drug-likeness (QED) is 0.438. The lowest BCUT2D eigenvalue weighted by atomic mass is 10.1. The summed E-state index contributed by atoms with van der Waals surface area (Å²) in [6.07, 6.45) is 2.87. The number of H-pyrrole nitrogens is 1. The molecule has 0 atom stereocenters. The van der Waals surface area contributed by atoms with Crippen molar-refractivity contribution in [1.29, 1.82) is 0 Å². The molecule has 3 N–H and O–H groups in total. The van der Waals surface area contributed by atoms with E-state index in [0.29, 0.717) is 12.5 Å². The van der Waals surface area contributed by atoms with E-state index in [1.165, 1.54) is 17.0 Å². The number of alkyl halides is 2. The molecule has 0 unspecified atom stereocenters. The zero-order valence-corrected chi connectivity index (χ0v) is 15.0. The minimum Gasteiger partial charge on any atom is -0.435 e. The summed E-state index contributed by atoms with van der Waals surface area (Å²) in [5.41, 5.74) is 3.19. The molecule has 0 radical (unpaired) electrons. The van der Waals surface area contributed by atoms with Gasteiger partial charge in [0.2, 0.25) is 0 Å². The van der Waals surface area contributed by atoms with Crippen LogP contribution in [-0.2, 0) is 13.0 Å². The molecule has 0 saturated heterocycles. The number of nitrogens with one attached hydrogen (secondary N) is 3. The standard InChI is InChI=1S/C20H22F2N4O/c1-23-20(26-12-14-5-4-6-16(11-14)27-19(21)22)24-10-9-15-13-25-18-8-3-2-7-17(15)18/h2-8,11,13,19,25H,9-10,12H2,1H3,(H2,23,24,26). The van der Waals surface area contributed by atoms with Crippen molar-refractivity contribution >= 4 is 16.9 Å². The number of hydrogen-bond acceptors (Lipinski definition) is 2. The van der Waals surface area contributed by atoms with E-state index in [4.69, 9.17) is 0 Å². The highest BCUT2D eigenvalue weighted by Crippen LogP contribution is 2.18. The molecule has 0 aliphatic heterocycles. The van der Waals surface area contributed by atoms with E-state index in [1.807, 2.05) is 24.4 Å². The van der Waals surface area contributed by atoms with Crippen LogP contribution in [0.4, 0.5) is 8.78 Å². The van der Waals surface area contributed by atoms with E-state index in [9.17, 15) is 8.78 Å². The third kappa shape index (κ3) is 5.20. The van der Waals surface area contributed by atoms with Crippen molar-refractivity contribution in [3.05, 3.63) is 65.9 Å². The van der Waals surface area contributed by atoms with Gasteiger partial charge < -0.3 is 20.4 Å². The zero-order chi connectivity index (χ0) is 19.1. The van der Waals surface area contributed by atoms with E-state index < -0.39 is 6.61 Å². The molecule has 5 nitrogen and oxygen atoms in total. The van der Waals surface area contributed by atoms with Crippen LogP contribution in [0.2, 0.25) is 0 Å². The first kappa shape index (κ1) is 18.7. The molecule has 3 rings (SSSR count). The lowest BCUT2D eigenvalue weighted by molar-refractivity contribution is -0.0498. The summed E-state index contributed by atoms with van der Waals surface area (Å²) in [5.74, 6) is 0.793. The summed E-state index contributed by atoms with van der Waals surface area (Å²) in [4.78, 5) is 7.46. The second-order valence-electron chi connectivity index (χ2n) is 5.99. The highest BCUT2D eigenvalue weighted by Gasteiger charge is 2.06. The van der Waals surface area contributed by atoms with Crippen LogP contribution in [0, 0.1) is 0 Å². The van der Waals surface area contributed by atoms with Crippen LogP contribution in [0.5, 0.6) is 5.75 Å². The largest absolute Gasteiger partial charge is 0.435 e. The number of benzene rings is 2. The number of aromatic nitrogens is 1. The fourth-order valence-electron chi connectivity index (χ4n) is 2.89. The molecule has 27 heavy (non-hydrogen) atoms. The second-order valence-corrected chi connectivity index (χ2v) is 5.99. The second kappa shape index (κ2) is 9.02. The van der Waals surface area contributed by atoms with Gasteiger partial charge in [-0.05, 0) is 35.7 Å². The fraction of sp³-hybridized carbons (Fsp3) is 0.250. The fourth-order valence-corrected chi connectivity index (χ4v) is 2.89. The number of rotatable bonds is 7. The van der Waals surface area contributed by atoms with Gasteiger partial charge in [0.05, 0.1) is 0 Å². The highest BCUT2D eigenvalue weighted by molar-refractivity contribution is 5.83. The molecule has 0 spiro atoms. The number of hydrogen-bond donors (Lipinski definition) is 3. The Bertz CT molecular complexity index is 908. The van der Waals surface area contributed by atoms with Crippen molar-refractivity contribution < 1.29 is 13.5 Å². The van der Waals surface area contributed by atoms with Crippen LogP contribution in [0.15, 0.2) is 59.7 Å². The molecular weight excluding hydrogens is 350 g/mol. The van der Waals surface area contributed by atoms with Gasteiger partial charge >= 0.3 is 6.61 Å². The van der Waals surface area contributed by atoms with Crippen molar-refractivity contribution in [3.63, 3.8) is 0 Å². The molecule has 0 aliphatic rings. The summed E-state index contributed by atoms with van der Waals surface area (Å²) >= 11 is 0. The Kier molecular flexibility index (Phi) is 6.25. The maximum Gasteiger partial charge on any atom is 0.387 e. The molecule has 0 aliphatic carbocycles. The average molecular weight is 372 g/mol. The predicted molar refractivity (Wildman–Crippen MR) is 103 cm³/mol. The normalized spacial score (nSPS) is 11.8. The Morgan fingerprint density at radius 1 is 1.15 bits per heavy atom. The third-order valence-electron chi connectivity index (χ3n) is 4.17. The Morgan fingerprint density at radius 3 is 2.81 bits per heavy atom. The first-order chi connectivity index (χ1) is 13.2. The van der Waals surface area contributed by atoms with Crippen LogP contribution < -0.4 is 15.4 Å². The number of nitrogens with zero attached hydrogens (tertiary/aromatic N) is 1. The van der Waals surface area contributed by atoms with Crippen LogP contribution in [-0.4, -0.2) is 31.1 Å². The third-order valence-corrected chi connectivity index (χ3v) is 4.17. The molecule has 0 saturated carbocycles. The SMILES string of the molecule is CN=C(NCCc1c[nH]c2ccccc12)NCc1cccc(OC(F)F)c1. The average Bonchev–Trinajstić information content (AvgIpc) is 3.07. The summed E-state index contributed by atoms with van der Waals surface area (Å²) in [6, 6.07) is 14.8. The van der Waals surface area contributed by atoms with Gasteiger partial charge in [-0.1, -0.05) is 30.3 Å². The first-order valence-corrected chi connectivity index (χ1v) is 8.69. The maximum atomic E-state index is 12.3. The number of guanidine groups is 1. The summed E-state index contributed by atoms with van der Waals surface area (Å²) in [7, 11) is 1.69. The van der Waals surface area contributed by atoms with E-state index in [1.54, 1.807) is 19.2 Å². The first-order valence-electron chi connectivity index (χ1n) is 8.69. The Morgan fingerprint density at radius 2 is 2.00 bits per heavy atom. The Labute approximate surface area is 156 Å². The van der Waals surface area contributed by atoms with E-state index in [2.05, 4.69) is 37.5 Å². The van der Waals surface area contributed by atoms with Crippen molar-refractivity contribution in [2.75, 3.05) is 13.6 Å². The van der Waals surface area contributed by atoms with Crippen molar-refractivity contribution in [1.82, 2.24) is 15.6 Å². The Balaban J connectivity index is 1.50. The van der Waals surface area contributed by atoms with Crippen molar-refractivity contribution in [2.45, 2.75) is 19.6 Å². The van der Waals surface area contributed by atoms with Gasteiger partial charge in [-0.15, -0.1) is 0 Å². The molecule has 0 amide bonds. The topological polar surface area (TPSA) is 61.4 Å². The number of ether oxygens (including phenoxy) is 1.